The van der Waals surface area contributed by atoms with E-state index in [4.69, 9.17) is 18.9 Å². The highest BCUT2D eigenvalue weighted by Gasteiger charge is 2.70. The summed E-state index contributed by atoms with van der Waals surface area (Å²) in [6, 6.07) is 0. The fourth-order valence-electron chi connectivity index (χ4n) is 10.2. The first-order valence-corrected chi connectivity index (χ1v) is 14.9. The summed E-state index contributed by atoms with van der Waals surface area (Å²) in [5.74, 6) is 0.260. The van der Waals surface area contributed by atoms with E-state index < -0.39 is 47.8 Å². The van der Waals surface area contributed by atoms with Crippen LogP contribution in [0.4, 0.5) is 0 Å². The van der Waals surface area contributed by atoms with Crippen LogP contribution in [0.5, 0.6) is 0 Å². The van der Waals surface area contributed by atoms with E-state index >= 15 is 0 Å². The first kappa shape index (κ1) is 28.1. The largest absolute Gasteiger partial charge is 0.458 e. The molecule has 6 rings (SSSR count). The first-order chi connectivity index (χ1) is 18.4. The molecule has 0 spiro atoms. The number of hydrogen-bond donors (Lipinski definition) is 4. The van der Waals surface area contributed by atoms with Crippen molar-refractivity contribution < 1.29 is 44.2 Å². The van der Waals surface area contributed by atoms with E-state index in [0.29, 0.717) is 18.3 Å². The van der Waals surface area contributed by atoms with Gasteiger partial charge in [0.15, 0.2) is 6.29 Å². The molecule has 0 radical (unpaired) electrons. The lowest BCUT2D eigenvalue weighted by molar-refractivity contribution is -0.313. The average Bonchev–Trinajstić information content (AvgIpc) is 3.39. The van der Waals surface area contributed by atoms with Gasteiger partial charge in [-0.25, -0.2) is 4.79 Å². The number of carbonyl (C=O) groups is 1. The van der Waals surface area contributed by atoms with Gasteiger partial charge >= 0.3 is 5.97 Å². The molecule has 0 aromatic carbocycles. The monoisotopic (exact) mass is 550 g/mol. The zero-order valence-corrected chi connectivity index (χ0v) is 23.6. The highest BCUT2D eigenvalue weighted by Crippen LogP contribution is 2.70. The molecule has 1 saturated heterocycles. The first-order valence-electron chi connectivity index (χ1n) is 14.9. The van der Waals surface area contributed by atoms with Gasteiger partial charge in [-0.15, -0.1) is 0 Å². The summed E-state index contributed by atoms with van der Waals surface area (Å²) < 4.78 is 22.7. The summed E-state index contributed by atoms with van der Waals surface area (Å²) in [7, 11) is 1.48. The summed E-state index contributed by atoms with van der Waals surface area (Å²) in [5, 5.41) is 44.7. The molecule has 2 heterocycles. The normalized spacial score (nSPS) is 55.3. The number of methoxy groups -OCH3 is 1. The summed E-state index contributed by atoms with van der Waals surface area (Å²) in [5.41, 5.74) is -0.601. The Balaban J connectivity index is 1.17. The molecule has 6 aliphatic rings. The number of hydrogen-bond acceptors (Lipinski definition) is 9. The number of esters is 1. The van der Waals surface area contributed by atoms with Gasteiger partial charge in [0, 0.05) is 30.9 Å². The second-order valence-corrected chi connectivity index (χ2v) is 13.9. The molecular formula is C30H46O9. The van der Waals surface area contributed by atoms with Crippen LogP contribution in [-0.4, -0.2) is 88.6 Å². The van der Waals surface area contributed by atoms with E-state index in [9.17, 15) is 25.2 Å². The molecule has 4 N–H and O–H groups in total. The highest BCUT2D eigenvalue weighted by molar-refractivity contribution is 5.85. The quantitative estimate of drug-likeness (QED) is 0.307. The summed E-state index contributed by atoms with van der Waals surface area (Å²) in [4.78, 5) is 11.8. The third-order valence-electron chi connectivity index (χ3n) is 12.3. The van der Waals surface area contributed by atoms with Gasteiger partial charge in [0.05, 0.1) is 23.9 Å². The molecule has 9 heteroatoms. The summed E-state index contributed by atoms with van der Waals surface area (Å²) >= 11 is 0. The lowest BCUT2D eigenvalue weighted by atomic mass is 9.43. The lowest BCUT2D eigenvalue weighted by Gasteiger charge is -2.63. The molecule has 220 valence electrons. The molecule has 9 nitrogen and oxygen atoms in total. The smallest absolute Gasteiger partial charge is 0.331 e. The van der Waals surface area contributed by atoms with Crippen molar-refractivity contribution in [3.63, 3.8) is 0 Å². The fraction of sp³-hybridized carbons (Fsp3) is 0.900. The minimum absolute atomic E-state index is 0.0547. The van der Waals surface area contributed by atoms with Crippen LogP contribution in [-0.2, 0) is 23.7 Å². The second kappa shape index (κ2) is 9.75. The van der Waals surface area contributed by atoms with Crippen LogP contribution in [0.15, 0.2) is 11.6 Å². The van der Waals surface area contributed by atoms with Crippen LogP contribution in [0.25, 0.3) is 0 Å². The van der Waals surface area contributed by atoms with Crippen molar-refractivity contribution in [2.24, 2.45) is 34.5 Å². The van der Waals surface area contributed by atoms with Gasteiger partial charge in [-0.1, -0.05) is 13.8 Å². The highest BCUT2D eigenvalue weighted by atomic mass is 16.7. The van der Waals surface area contributed by atoms with Gasteiger partial charge in [0.25, 0.3) is 0 Å². The molecule has 39 heavy (non-hydrogen) atoms. The van der Waals surface area contributed by atoms with E-state index in [1.165, 1.54) is 13.2 Å². The van der Waals surface area contributed by atoms with Crippen LogP contribution in [0.3, 0.4) is 0 Å². The van der Waals surface area contributed by atoms with Gasteiger partial charge in [-0.2, -0.15) is 0 Å². The Morgan fingerprint density at radius 1 is 1.03 bits per heavy atom. The molecule has 0 amide bonds. The molecule has 2 aliphatic heterocycles. The molecule has 4 saturated carbocycles. The molecule has 5 fully saturated rings. The Kier molecular flexibility index (Phi) is 7.02. The molecule has 0 aromatic rings. The third kappa shape index (κ3) is 4.09. The predicted molar refractivity (Wildman–Crippen MR) is 139 cm³/mol. The number of fused-ring (bicyclic) bond motifs is 5. The molecule has 14 atom stereocenters. The van der Waals surface area contributed by atoms with Crippen molar-refractivity contribution >= 4 is 5.97 Å². The number of ether oxygens (including phenoxy) is 4. The van der Waals surface area contributed by atoms with Gasteiger partial charge in [-0.05, 0) is 80.6 Å². The molecular weight excluding hydrogens is 504 g/mol. The van der Waals surface area contributed by atoms with Crippen molar-refractivity contribution in [2.75, 3.05) is 13.7 Å². The lowest BCUT2D eigenvalue weighted by Crippen LogP contribution is -2.62. The Hall–Kier alpha value is -1.07. The number of aliphatic hydroxyl groups is 4. The van der Waals surface area contributed by atoms with Crippen molar-refractivity contribution in [1.82, 2.24) is 0 Å². The number of carbonyl (C=O) groups excluding carboxylic acids is 1. The number of cyclic esters (lactones) is 1. The van der Waals surface area contributed by atoms with E-state index in [0.717, 1.165) is 50.5 Å². The summed E-state index contributed by atoms with van der Waals surface area (Å²) in [6.07, 6.45) is 3.40. The Morgan fingerprint density at radius 3 is 2.49 bits per heavy atom. The van der Waals surface area contributed by atoms with Crippen LogP contribution in [0.1, 0.15) is 72.1 Å². The topological polar surface area (TPSA) is 135 Å². The maximum Gasteiger partial charge on any atom is 0.331 e. The van der Waals surface area contributed by atoms with E-state index in [1.807, 2.05) is 0 Å². The average molecular weight is 551 g/mol. The van der Waals surface area contributed by atoms with Crippen molar-refractivity contribution in [3.05, 3.63) is 11.6 Å². The zero-order valence-electron chi connectivity index (χ0n) is 23.6. The Morgan fingerprint density at radius 2 is 1.79 bits per heavy atom. The molecule has 4 aliphatic carbocycles. The van der Waals surface area contributed by atoms with E-state index in [-0.39, 0.29) is 35.9 Å². The second-order valence-electron chi connectivity index (χ2n) is 13.9. The molecule has 0 bridgehead atoms. The minimum atomic E-state index is -1.06. The van der Waals surface area contributed by atoms with Crippen molar-refractivity contribution in [1.29, 1.82) is 0 Å². The number of aliphatic hydroxyl groups excluding tert-OH is 3. The molecule has 2 unspecified atom stereocenters. The van der Waals surface area contributed by atoms with Crippen LogP contribution in [0, 0.1) is 34.5 Å². The van der Waals surface area contributed by atoms with Crippen molar-refractivity contribution in [3.8, 4) is 0 Å². The van der Waals surface area contributed by atoms with Gasteiger partial charge in [-0.3, -0.25) is 0 Å². The SMILES string of the molecule is CO[C@H]1[C@@H](O)[C@@H](C)OC(O[C@H]2CC[C@@]3(C)[C@H](CC[C@@H]4[C@@H]3CC[C@]3(C)[C@@H](C5=CC(=O)OC5)[C@@H](O)CC43O)C2)[C@@H]1O. The predicted octanol–water partition coefficient (Wildman–Crippen LogP) is 2.08. The third-order valence-corrected chi connectivity index (χ3v) is 12.3. The molecule has 0 aromatic heterocycles. The number of rotatable bonds is 4. The Labute approximate surface area is 230 Å². The van der Waals surface area contributed by atoms with Gasteiger partial charge in [0.1, 0.15) is 24.9 Å². The summed E-state index contributed by atoms with van der Waals surface area (Å²) in [6.45, 7) is 6.48. The van der Waals surface area contributed by atoms with Crippen molar-refractivity contribution in [2.45, 2.75) is 121 Å². The van der Waals surface area contributed by atoms with E-state index in [1.54, 1.807) is 6.92 Å². The van der Waals surface area contributed by atoms with Gasteiger partial charge < -0.3 is 39.4 Å². The van der Waals surface area contributed by atoms with Gasteiger partial charge in [0.2, 0.25) is 0 Å². The van der Waals surface area contributed by atoms with Crippen LogP contribution in [0.2, 0.25) is 0 Å². The fourth-order valence-corrected chi connectivity index (χ4v) is 10.2. The van der Waals surface area contributed by atoms with E-state index in [2.05, 4.69) is 13.8 Å². The van der Waals surface area contributed by atoms with Crippen LogP contribution < -0.4 is 0 Å². The minimum Gasteiger partial charge on any atom is -0.458 e. The van der Waals surface area contributed by atoms with Crippen LogP contribution >= 0.6 is 0 Å². The maximum atomic E-state index is 12.4. The zero-order chi connectivity index (χ0) is 27.9. The Bertz CT molecular complexity index is 1000. The standard InChI is InChI=1S/C30H46O9/c1-15-24(33)26(36-4)25(34)27(38-15)39-18-7-9-28(2)17(12-18)5-6-20-19(28)8-10-29(3)23(16-11-22(32)37-14-16)21(31)13-30(20,29)35/h11,15,17-21,23-27,31,33-35H,5-10,12-14H2,1-4H3/t15-,17-,18+,19+,20-,21+,23+,24+,25-,26+,27?,28+,29-,30?/m1/s1. The maximum absolute atomic E-state index is 12.4.